The third-order valence-corrected chi connectivity index (χ3v) is 5.96. The number of carbonyl (C=O) groups is 2. The lowest BCUT2D eigenvalue weighted by Crippen LogP contribution is -2.47. The highest BCUT2D eigenvalue weighted by molar-refractivity contribution is 7.89. The van der Waals surface area contributed by atoms with Crippen LogP contribution in [0.25, 0.3) is 0 Å². The van der Waals surface area contributed by atoms with Gasteiger partial charge in [0.05, 0.1) is 17.6 Å². The lowest BCUT2D eigenvalue weighted by molar-refractivity contribution is 0.0488. The number of amides is 1. The summed E-state index contributed by atoms with van der Waals surface area (Å²) in [6, 6.07) is 5.63. The summed E-state index contributed by atoms with van der Waals surface area (Å²) in [7, 11) is -2.48. The van der Waals surface area contributed by atoms with Crippen molar-refractivity contribution in [1.82, 2.24) is 9.62 Å². The molecule has 2 rings (SSSR count). The molecule has 1 aliphatic heterocycles. The van der Waals surface area contributed by atoms with Crippen molar-refractivity contribution in [3.63, 3.8) is 0 Å². The fourth-order valence-corrected chi connectivity index (χ4v) is 4.28. The molecule has 0 unspecified atom stereocenters. The first-order valence-electron chi connectivity index (χ1n) is 8.71. The van der Waals surface area contributed by atoms with Crippen LogP contribution in [-0.4, -0.2) is 56.6 Å². The van der Waals surface area contributed by atoms with Crippen LogP contribution in [0.3, 0.4) is 0 Å². The molecule has 0 saturated carbocycles. The number of hydrogen-bond donors (Lipinski definition) is 1. The fraction of sp³-hybridized carbons (Fsp3) is 0.556. The minimum absolute atomic E-state index is 0.0453. The summed E-state index contributed by atoms with van der Waals surface area (Å²) in [5, 5.41) is 2.77. The van der Waals surface area contributed by atoms with Crippen LogP contribution in [0.15, 0.2) is 29.2 Å². The summed E-state index contributed by atoms with van der Waals surface area (Å²) in [5.41, 5.74) is -0.404. The molecule has 1 aliphatic rings. The number of ether oxygens (including phenoxy) is 2. The van der Waals surface area contributed by atoms with E-state index in [1.165, 1.54) is 35.7 Å². The van der Waals surface area contributed by atoms with Gasteiger partial charge >= 0.3 is 12.1 Å². The molecule has 0 radical (unpaired) electrons. The van der Waals surface area contributed by atoms with Crippen LogP contribution in [0.1, 0.15) is 44.0 Å². The zero-order valence-corrected chi connectivity index (χ0v) is 16.8. The molecule has 9 heteroatoms. The lowest BCUT2D eigenvalue weighted by atomic mass is 10.1. The quantitative estimate of drug-likeness (QED) is 0.780. The number of sulfonamides is 1. The number of rotatable bonds is 4. The monoisotopic (exact) mass is 398 g/mol. The largest absolute Gasteiger partial charge is 0.465 e. The molecule has 0 atom stereocenters. The summed E-state index contributed by atoms with van der Waals surface area (Å²) in [6.45, 7) is 5.88. The van der Waals surface area contributed by atoms with E-state index >= 15 is 0 Å². The average Bonchev–Trinajstić information content (AvgIpc) is 2.60. The van der Waals surface area contributed by atoms with Crippen molar-refractivity contribution in [2.45, 2.75) is 50.2 Å². The highest BCUT2D eigenvalue weighted by Crippen LogP contribution is 2.22. The topological polar surface area (TPSA) is 102 Å². The summed E-state index contributed by atoms with van der Waals surface area (Å²) >= 11 is 0. The Balaban J connectivity index is 2.00. The lowest BCUT2D eigenvalue weighted by Gasteiger charge is -2.32. The maximum atomic E-state index is 12.8. The molecule has 0 aliphatic carbocycles. The maximum Gasteiger partial charge on any atom is 0.407 e. The molecule has 1 N–H and O–H groups in total. The molecular weight excluding hydrogens is 372 g/mol. The summed E-state index contributed by atoms with van der Waals surface area (Å²) in [4.78, 5) is 23.5. The normalized spacial score (nSPS) is 16.6. The van der Waals surface area contributed by atoms with Crippen molar-refractivity contribution in [1.29, 1.82) is 0 Å². The second-order valence-corrected chi connectivity index (χ2v) is 9.28. The van der Waals surface area contributed by atoms with E-state index in [0.29, 0.717) is 12.8 Å². The second-order valence-electron chi connectivity index (χ2n) is 7.34. The van der Waals surface area contributed by atoms with Gasteiger partial charge in [-0.15, -0.1) is 0 Å². The Morgan fingerprint density at radius 1 is 1.19 bits per heavy atom. The van der Waals surface area contributed by atoms with E-state index in [1.54, 1.807) is 20.8 Å². The number of hydrogen-bond acceptors (Lipinski definition) is 6. The van der Waals surface area contributed by atoms with Gasteiger partial charge in [0.2, 0.25) is 10.0 Å². The third-order valence-electron chi connectivity index (χ3n) is 4.07. The van der Waals surface area contributed by atoms with Crippen molar-refractivity contribution in [2.75, 3.05) is 20.2 Å². The molecule has 1 amide bonds. The fourth-order valence-electron chi connectivity index (χ4n) is 2.77. The third kappa shape index (κ3) is 5.67. The summed E-state index contributed by atoms with van der Waals surface area (Å²) in [5.74, 6) is -0.590. The van der Waals surface area contributed by atoms with Crippen LogP contribution in [0.2, 0.25) is 0 Å². The van der Waals surface area contributed by atoms with E-state index < -0.39 is 27.7 Å². The van der Waals surface area contributed by atoms with Gasteiger partial charge in [0.15, 0.2) is 0 Å². The van der Waals surface area contributed by atoms with E-state index in [-0.39, 0.29) is 29.6 Å². The van der Waals surface area contributed by atoms with Crippen LogP contribution in [-0.2, 0) is 19.5 Å². The molecule has 1 aromatic rings. The predicted octanol–water partition coefficient (Wildman–Crippen LogP) is 2.15. The van der Waals surface area contributed by atoms with E-state index in [0.717, 1.165) is 0 Å². The van der Waals surface area contributed by atoms with Gasteiger partial charge in [-0.05, 0) is 51.8 Å². The van der Waals surface area contributed by atoms with Gasteiger partial charge in [-0.25, -0.2) is 18.0 Å². The molecule has 0 spiro atoms. The van der Waals surface area contributed by atoms with Crippen molar-refractivity contribution in [3.05, 3.63) is 29.8 Å². The Bertz CT molecular complexity index is 792. The van der Waals surface area contributed by atoms with Gasteiger partial charge in [-0.1, -0.05) is 6.07 Å². The highest BCUT2D eigenvalue weighted by Gasteiger charge is 2.31. The molecule has 1 fully saturated rings. The second kappa shape index (κ2) is 8.26. The molecule has 1 saturated heterocycles. The van der Waals surface area contributed by atoms with Gasteiger partial charge in [-0.2, -0.15) is 4.31 Å². The van der Waals surface area contributed by atoms with E-state index in [1.807, 2.05) is 0 Å². The number of esters is 1. The van der Waals surface area contributed by atoms with Gasteiger partial charge in [0, 0.05) is 19.1 Å². The van der Waals surface area contributed by atoms with E-state index in [4.69, 9.17) is 4.74 Å². The average molecular weight is 398 g/mol. The zero-order chi connectivity index (χ0) is 20.2. The first-order valence-corrected chi connectivity index (χ1v) is 10.1. The zero-order valence-electron chi connectivity index (χ0n) is 16.0. The molecule has 8 nitrogen and oxygen atoms in total. The van der Waals surface area contributed by atoms with Crippen molar-refractivity contribution in [2.24, 2.45) is 0 Å². The molecule has 0 aromatic heterocycles. The molecule has 27 heavy (non-hydrogen) atoms. The van der Waals surface area contributed by atoms with Crippen LogP contribution in [0.4, 0.5) is 4.79 Å². The van der Waals surface area contributed by atoms with Gasteiger partial charge < -0.3 is 14.8 Å². The van der Waals surface area contributed by atoms with E-state index in [2.05, 4.69) is 10.1 Å². The van der Waals surface area contributed by atoms with Crippen molar-refractivity contribution in [3.8, 4) is 0 Å². The van der Waals surface area contributed by atoms with Crippen LogP contribution < -0.4 is 5.32 Å². The predicted molar refractivity (Wildman–Crippen MR) is 98.9 cm³/mol. The smallest absolute Gasteiger partial charge is 0.407 e. The van der Waals surface area contributed by atoms with Crippen LogP contribution in [0, 0.1) is 0 Å². The molecule has 150 valence electrons. The number of methoxy groups -OCH3 is 1. The first kappa shape index (κ1) is 21.2. The molecular formula is C18H26N2O6S. The number of benzene rings is 1. The molecule has 0 bridgehead atoms. The van der Waals surface area contributed by atoms with Gasteiger partial charge in [-0.3, -0.25) is 0 Å². The Morgan fingerprint density at radius 2 is 1.81 bits per heavy atom. The Kier molecular flexibility index (Phi) is 6.48. The highest BCUT2D eigenvalue weighted by atomic mass is 32.2. The van der Waals surface area contributed by atoms with Crippen LogP contribution >= 0.6 is 0 Å². The molecule has 1 aromatic carbocycles. The van der Waals surface area contributed by atoms with Crippen molar-refractivity contribution >= 4 is 22.1 Å². The number of nitrogens with one attached hydrogen (secondary N) is 1. The minimum atomic E-state index is -3.73. The maximum absolute atomic E-state index is 12.8. The number of piperidine rings is 1. The Morgan fingerprint density at radius 3 is 2.37 bits per heavy atom. The standard InChI is InChI=1S/C18H26N2O6S/c1-18(2,3)26-17(22)19-14-8-10-20(11-9-14)27(23,24)15-7-5-6-13(12-15)16(21)25-4/h5-7,12,14H,8-11H2,1-4H3,(H,19,22). The Hall–Kier alpha value is -2.13. The molecule has 1 heterocycles. The van der Waals surface area contributed by atoms with Gasteiger partial charge in [0.25, 0.3) is 0 Å². The number of carbonyl (C=O) groups excluding carboxylic acids is 2. The summed E-state index contributed by atoms with van der Waals surface area (Å²) < 4.78 is 36.9. The van der Waals surface area contributed by atoms with Gasteiger partial charge in [0.1, 0.15) is 5.60 Å². The van der Waals surface area contributed by atoms with E-state index in [9.17, 15) is 18.0 Å². The van der Waals surface area contributed by atoms with Crippen molar-refractivity contribution < 1.29 is 27.5 Å². The minimum Gasteiger partial charge on any atom is -0.465 e. The number of alkyl carbamates (subject to hydrolysis) is 1. The summed E-state index contributed by atoms with van der Waals surface area (Å²) in [6.07, 6.45) is 0.458. The number of nitrogens with zero attached hydrogens (tertiary/aromatic N) is 1. The first-order chi connectivity index (χ1) is 12.5. The Labute approximate surface area is 159 Å². The SMILES string of the molecule is COC(=O)c1cccc(S(=O)(=O)N2CCC(NC(=O)OC(C)(C)C)CC2)c1. The van der Waals surface area contributed by atoms with Crippen LogP contribution in [0.5, 0.6) is 0 Å².